The molecule has 0 heterocycles. The molecule has 0 aromatic heterocycles. The standard InChI is InChI=1S/C16H24N2/c1-13(2)14-6-8-15(9-7-14)16(3,4)12-18-11-5-10-17/h6-9,13,18H,5,11-12H2,1-4H3. The maximum Gasteiger partial charge on any atom is 0.0635 e. The zero-order chi connectivity index (χ0) is 13.6. The highest BCUT2D eigenvalue weighted by Crippen LogP contribution is 2.24. The highest BCUT2D eigenvalue weighted by Gasteiger charge is 2.19. The summed E-state index contributed by atoms with van der Waals surface area (Å²) in [4.78, 5) is 0. The lowest BCUT2D eigenvalue weighted by atomic mass is 9.83. The second kappa shape index (κ2) is 6.56. The van der Waals surface area contributed by atoms with Crippen molar-refractivity contribution in [2.24, 2.45) is 0 Å². The molecule has 0 unspecified atom stereocenters. The zero-order valence-electron chi connectivity index (χ0n) is 12.0. The lowest BCUT2D eigenvalue weighted by molar-refractivity contribution is 0.473. The minimum Gasteiger partial charge on any atom is -0.315 e. The van der Waals surface area contributed by atoms with E-state index in [9.17, 15) is 0 Å². The number of nitrogens with one attached hydrogen (secondary N) is 1. The minimum absolute atomic E-state index is 0.102. The van der Waals surface area contributed by atoms with Crippen LogP contribution in [0.3, 0.4) is 0 Å². The number of nitriles is 1. The SMILES string of the molecule is CC(C)c1ccc(C(C)(C)CNCCC#N)cc1. The van der Waals surface area contributed by atoms with Crippen LogP contribution in [-0.2, 0) is 5.41 Å². The first-order valence-electron chi connectivity index (χ1n) is 6.65. The predicted octanol–water partition coefficient (Wildman–Crippen LogP) is 3.59. The van der Waals surface area contributed by atoms with Gasteiger partial charge in [0.1, 0.15) is 0 Å². The van der Waals surface area contributed by atoms with Gasteiger partial charge in [-0.3, -0.25) is 0 Å². The fraction of sp³-hybridized carbons (Fsp3) is 0.562. The van der Waals surface area contributed by atoms with Crippen LogP contribution in [0.15, 0.2) is 24.3 Å². The molecular weight excluding hydrogens is 220 g/mol. The summed E-state index contributed by atoms with van der Waals surface area (Å²) in [6.07, 6.45) is 0.572. The first-order valence-corrected chi connectivity index (χ1v) is 6.65. The zero-order valence-corrected chi connectivity index (χ0v) is 12.0. The predicted molar refractivity (Wildman–Crippen MR) is 76.7 cm³/mol. The molecule has 0 saturated heterocycles. The van der Waals surface area contributed by atoms with Gasteiger partial charge in [0, 0.05) is 24.9 Å². The highest BCUT2D eigenvalue weighted by atomic mass is 14.9. The third-order valence-corrected chi connectivity index (χ3v) is 3.34. The average molecular weight is 244 g/mol. The molecule has 0 atom stereocenters. The topological polar surface area (TPSA) is 35.8 Å². The molecule has 0 aliphatic rings. The Morgan fingerprint density at radius 2 is 1.83 bits per heavy atom. The molecule has 0 fully saturated rings. The van der Waals surface area contributed by atoms with Crippen molar-refractivity contribution in [3.05, 3.63) is 35.4 Å². The van der Waals surface area contributed by atoms with Crippen molar-refractivity contribution >= 4 is 0 Å². The Kier molecular flexibility index (Phi) is 5.37. The van der Waals surface area contributed by atoms with Gasteiger partial charge < -0.3 is 5.32 Å². The molecule has 2 heteroatoms. The molecule has 1 rings (SSSR count). The first-order chi connectivity index (χ1) is 8.47. The lowest BCUT2D eigenvalue weighted by Gasteiger charge is -2.26. The summed E-state index contributed by atoms with van der Waals surface area (Å²) < 4.78 is 0. The molecule has 0 spiro atoms. The molecule has 0 radical (unpaired) electrons. The van der Waals surface area contributed by atoms with E-state index in [2.05, 4.69) is 63.3 Å². The molecule has 1 aromatic rings. The van der Waals surface area contributed by atoms with Crippen LogP contribution in [0.25, 0.3) is 0 Å². The van der Waals surface area contributed by atoms with Gasteiger partial charge in [0.15, 0.2) is 0 Å². The monoisotopic (exact) mass is 244 g/mol. The normalized spacial score (nSPS) is 11.6. The van der Waals surface area contributed by atoms with Crippen molar-refractivity contribution in [3.63, 3.8) is 0 Å². The van der Waals surface area contributed by atoms with E-state index in [0.29, 0.717) is 12.3 Å². The van der Waals surface area contributed by atoms with Crippen molar-refractivity contribution in [3.8, 4) is 6.07 Å². The lowest BCUT2D eigenvalue weighted by Crippen LogP contribution is -2.33. The van der Waals surface area contributed by atoms with Crippen molar-refractivity contribution in [1.82, 2.24) is 5.32 Å². The van der Waals surface area contributed by atoms with Gasteiger partial charge in [0.05, 0.1) is 6.07 Å². The van der Waals surface area contributed by atoms with E-state index < -0.39 is 0 Å². The van der Waals surface area contributed by atoms with E-state index in [0.717, 1.165) is 13.1 Å². The number of benzene rings is 1. The van der Waals surface area contributed by atoms with Crippen LogP contribution in [0, 0.1) is 11.3 Å². The number of hydrogen-bond donors (Lipinski definition) is 1. The molecular formula is C16H24N2. The van der Waals surface area contributed by atoms with Crippen LogP contribution in [0.5, 0.6) is 0 Å². The molecule has 98 valence electrons. The van der Waals surface area contributed by atoms with Gasteiger partial charge >= 0.3 is 0 Å². The molecule has 0 aliphatic carbocycles. The average Bonchev–Trinajstić information content (AvgIpc) is 2.35. The van der Waals surface area contributed by atoms with Crippen molar-refractivity contribution < 1.29 is 0 Å². The van der Waals surface area contributed by atoms with Gasteiger partial charge in [-0.15, -0.1) is 0 Å². The summed E-state index contributed by atoms with van der Waals surface area (Å²) in [6, 6.07) is 11.0. The maximum atomic E-state index is 8.51. The summed E-state index contributed by atoms with van der Waals surface area (Å²) in [6.45, 7) is 10.6. The van der Waals surface area contributed by atoms with E-state index in [1.54, 1.807) is 0 Å². The van der Waals surface area contributed by atoms with Crippen molar-refractivity contribution in [2.75, 3.05) is 13.1 Å². The molecule has 0 saturated carbocycles. The maximum absolute atomic E-state index is 8.51. The van der Waals surface area contributed by atoms with Crippen molar-refractivity contribution in [1.29, 1.82) is 5.26 Å². The summed E-state index contributed by atoms with van der Waals surface area (Å²) in [5.41, 5.74) is 2.83. The van der Waals surface area contributed by atoms with E-state index in [-0.39, 0.29) is 5.41 Å². The molecule has 0 amide bonds. The number of rotatable bonds is 6. The summed E-state index contributed by atoms with van der Waals surface area (Å²) in [7, 11) is 0. The Balaban J connectivity index is 2.64. The van der Waals surface area contributed by atoms with Gasteiger partial charge in [-0.2, -0.15) is 5.26 Å². The van der Waals surface area contributed by atoms with Crippen LogP contribution in [0.2, 0.25) is 0 Å². The van der Waals surface area contributed by atoms with Crippen LogP contribution in [-0.4, -0.2) is 13.1 Å². The van der Waals surface area contributed by atoms with Gasteiger partial charge in [-0.25, -0.2) is 0 Å². The summed E-state index contributed by atoms with van der Waals surface area (Å²) >= 11 is 0. The summed E-state index contributed by atoms with van der Waals surface area (Å²) in [5.74, 6) is 0.580. The smallest absolute Gasteiger partial charge is 0.0635 e. The molecule has 18 heavy (non-hydrogen) atoms. The molecule has 0 aliphatic heterocycles. The van der Waals surface area contributed by atoms with Crippen LogP contribution in [0.4, 0.5) is 0 Å². The Bertz CT molecular complexity index is 396. The van der Waals surface area contributed by atoms with E-state index in [4.69, 9.17) is 5.26 Å². The van der Waals surface area contributed by atoms with Gasteiger partial charge in [0.2, 0.25) is 0 Å². The Morgan fingerprint density at radius 3 is 2.33 bits per heavy atom. The van der Waals surface area contributed by atoms with Crippen molar-refractivity contribution in [2.45, 2.75) is 45.4 Å². The van der Waals surface area contributed by atoms with Gasteiger partial charge in [-0.1, -0.05) is 52.0 Å². The largest absolute Gasteiger partial charge is 0.315 e. The molecule has 1 N–H and O–H groups in total. The van der Waals surface area contributed by atoms with E-state index in [1.807, 2.05) is 0 Å². The third-order valence-electron chi connectivity index (χ3n) is 3.34. The Labute approximate surface area is 111 Å². The van der Waals surface area contributed by atoms with E-state index >= 15 is 0 Å². The fourth-order valence-electron chi connectivity index (χ4n) is 1.97. The highest BCUT2D eigenvalue weighted by molar-refractivity contribution is 5.29. The number of nitrogens with zero attached hydrogens (tertiary/aromatic N) is 1. The Morgan fingerprint density at radius 1 is 1.22 bits per heavy atom. The second-order valence-corrected chi connectivity index (χ2v) is 5.75. The first kappa shape index (κ1) is 14.7. The quantitative estimate of drug-likeness (QED) is 0.776. The summed E-state index contributed by atoms with van der Waals surface area (Å²) in [5, 5.41) is 11.8. The fourth-order valence-corrected chi connectivity index (χ4v) is 1.97. The van der Waals surface area contributed by atoms with Crippen LogP contribution in [0.1, 0.15) is 51.2 Å². The van der Waals surface area contributed by atoms with Gasteiger partial charge in [0.25, 0.3) is 0 Å². The van der Waals surface area contributed by atoms with Gasteiger partial charge in [-0.05, 0) is 17.0 Å². The Hall–Kier alpha value is -1.33. The molecule has 1 aromatic carbocycles. The van der Waals surface area contributed by atoms with Crippen LogP contribution < -0.4 is 5.32 Å². The second-order valence-electron chi connectivity index (χ2n) is 5.75. The van der Waals surface area contributed by atoms with E-state index in [1.165, 1.54) is 11.1 Å². The number of hydrogen-bond acceptors (Lipinski definition) is 2. The van der Waals surface area contributed by atoms with Crippen LogP contribution >= 0.6 is 0 Å². The minimum atomic E-state index is 0.102. The molecule has 0 bridgehead atoms. The molecule has 2 nitrogen and oxygen atoms in total. The third kappa shape index (κ3) is 4.16.